The van der Waals surface area contributed by atoms with Gasteiger partial charge in [0.15, 0.2) is 5.75 Å². The van der Waals surface area contributed by atoms with Crippen LogP contribution in [-0.4, -0.2) is 32.1 Å². The molecule has 2 heterocycles. The van der Waals surface area contributed by atoms with Crippen LogP contribution in [0, 0.1) is 11.3 Å². The van der Waals surface area contributed by atoms with Crippen molar-refractivity contribution in [3.8, 4) is 11.8 Å². The van der Waals surface area contributed by atoms with Crippen LogP contribution in [0.1, 0.15) is 18.2 Å². The molecule has 0 aromatic carbocycles. The highest BCUT2D eigenvalue weighted by atomic mass is 32.1. The minimum Gasteiger partial charge on any atom is -0.492 e. The molecule has 1 atom stereocenters. The smallest absolute Gasteiger partial charge is 0.217 e. The predicted octanol–water partition coefficient (Wildman–Crippen LogP) is 0.925. The fourth-order valence-electron chi connectivity index (χ4n) is 2.25. The molecular weight excluding hydrogens is 264 g/mol. The van der Waals surface area contributed by atoms with Crippen molar-refractivity contribution in [2.24, 2.45) is 0 Å². The maximum absolute atomic E-state index is 11.1. The van der Waals surface area contributed by atoms with Gasteiger partial charge in [-0.3, -0.25) is 4.79 Å². The summed E-state index contributed by atoms with van der Waals surface area (Å²) >= 11 is 1.33. The molecule has 1 aromatic rings. The molecule has 0 radical (unpaired) electrons. The highest BCUT2D eigenvalue weighted by Crippen LogP contribution is 2.45. The van der Waals surface area contributed by atoms with Gasteiger partial charge in [-0.2, -0.15) is 5.26 Å². The Morgan fingerprint density at radius 1 is 1.68 bits per heavy atom. The van der Waals surface area contributed by atoms with Gasteiger partial charge < -0.3 is 20.7 Å². The summed E-state index contributed by atoms with van der Waals surface area (Å²) in [5.41, 5.74) is 6.27. The summed E-state index contributed by atoms with van der Waals surface area (Å²) in [5, 5.41) is 12.8. The Morgan fingerprint density at radius 3 is 3.00 bits per heavy atom. The maximum atomic E-state index is 11.1. The van der Waals surface area contributed by atoms with E-state index in [4.69, 9.17) is 15.7 Å². The molecule has 0 saturated carbocycles. The Balaban J connectivity index is 2.20. The van der Waals surface area contributed by atoms with Gasteiger partial charge in [-0.25, -0.2) is 0 Å². The van der Waals surface area contributed by atoms with Crippen molar-refractivity contribution in [1.29, 1.82) is 5.26 Å². The second kappa shape index (κ2) is 5.36. The second-order valence-electron chi connectivity index (χ2n) is 4.43. The Morgan fingerprint density at radius 2 is 2.42 bits per heavy atom. The van der Waals surface area contributed by atoms with Crippen LogP contribution in [0.3, 0.4) is 0 Å². The molecule has 0 aliphatic carbocycles. The van der Waals surface area contributed by atoms with Crippen molar-refractivity contribution in [3.05, 3.63) is 4.88 Å². The molecule has 1 aliphatic rings. The number of nitriles is 1. The Kier molecular flexibility index (Phi) is 3.81. The van der Waals surface area contributed by atoms with E-state index in [9.17, 15) is 4.79 Å². The Bertz CT molecular complexity index is 535. The van der Waals surface area contributed by atoms with E-state index in [1.54, 1.807) is 7.11 Å². The molecule has 1 amide bonds. The number of amides is 1. The first kappa shape index (κ1) is 13.5. The van der Waals surface area contributed by atoms with E-state index < -0.39 is 0 Å². The van der Waals surface area contributed by atoms with Gasteiger partial charge in [0.2, 0.25) is 5.91 Å². The SMILES string of the molecule is COc1c(N2CCC(NC(C)=O)C2)sc(C#N)c1N. The average molecular weight is 280 g/mol. The van der Waals surface area contributed by atoms with Gasteiger partial charge in [0, 0.05) is 26.1 Å². The standard InChI is InChI=1S/C12H16N4O2S/c1-7(17)15-8-3-4-16(6-8)12-11(18-2)10(14)9(5-13)19-12/h8H,3-4,6,14H2,1-2H3,(H,15,17). The molecule has 1 aromatic heterocycles. The Hall–Kier alpha value is -1.94. The quantitative estimate of drug-likeness (QED) is 0.859. The van der Waals surface area contributed by atoms with E-state index in [0.29, 0.717) is 22.9 Å². The molecule has 0 spiro atoms. The van der Waals surface area contributed by atoms with Crippen molar-refractivity contribution in [1.82, 2.24) is 5.32 Å². The number of rotatable bonds is 3. The number of nitrogen functional groups attached to an aromatic ring is 1. The summed E-state index contributed by atoms with van der Waals surface area (Å²) in [7, 11) is 1.55. The monoisotopic (exact) mass is 280 g/mol. The van der Waals surface area contributed by atoms with Gasteiger partial charge in [-0.05, 0) is 6.42 Å². The van der Waals surface area contributed by atoms with Gasteiger partial charge in [0.25, 0.3) is 0 Å². The molecule has 1 unspecified atom stereocenters. The van der Waals surface area contributed by atoms with Crippen LogP contribution in [0.25, 0.3) is 0 Å². The van der Waals surface area contributed by atoms with E-state index in [0.717, 1.165) is 18.0 Å². The number of hydrogen-bond acceptors (Lipinski definition) is 6. The van der Waals surface area contributed by atoms with Crippen LogP contribution in [0.15, 0.2) is 0 Å². The molecule has 1 fully saturated rings. The maximum Gasteiger partial charge on any atom is 0.217 e. The van der Waals surface area contributed by atoms with Crippen molar-refractivity contribution >= 4 is 27.9 Å². The fourth-order valence-corrected chi connectivity index (χ4v) is 3.28. The third-order valence-electron chi connectivity index (χ3n) is 3.07. The second-order valence-corrected chi connectivity index (χ2v) is 5.43. The molecule has 1 aliphatic heterocycles. The van der Waals surface area contributed by atoms with Gasteiger partial charge in [-0.15, -0.1) is 11.3 Å². The van der Waals surface area contributed by atoms with Gasteiger partial charge >= 0.3 is 0 Å². The molecule has 0 bridgehead atoms. The van der Waals surface area contributed by atoms with Crippen molar-refractivity contribution in [2.75, 3.05) is 30.8 Å². The van der Waals surface area contributed by atoms with Crippen LogP contribution in [0.2, 0.25) is 0 Å². The molecule has 2 rings (SSSR count). The Labute approximate surface area is 115 Å². The number of anilines is 2. The zero-order chi connectivity index (χ0) is 14.0. The minimum atomic E-state index is -0.0257. The zero-order valence-corrected chi connectivity index (χ0v) is 11.7. The van der Waals surface area contributed by atoms with Gasteiger partial charge in [-0.1, -0.05) is 0 Å². The van der Waals surface area contributed by atoms with Crippen LogP contribution in [-0.2, 0) is 4.79 Å². The number of ether oxygens (including phenoxy) is 1. The molecular formula is C12H16N4O2S. The van der Waals surface area contributed by atoms with Crippen LogP contribution in [0.4, 0.5) is 10.7 Å². The summed E-state index contributed by atoms with van der Waals surface area (Å²) in [6, 6.07) is 2.21. The number of thiophene rings is 1. The van der Waals surface area contributed by atoms with Crippen LogP contribution in [0.5, 0.6) is 5.75 Å². The summed E-state index contributed by atoms with van der Waals surface area (Å²) in [6.45, 7) is 3.03. The number of hydrogen-bond donors (Lipinski definition) is 2. The number of nitrogens with one attached hydrogen (secondary N) is 1. The minimum absolute atomic E-state index is 0.0257. The lowest BCUT2D eigenvalue weighted by atomic mass is 10.3. The van der Waals surface area contributed by atoms with E-state index in [-0.39, 0.29) is 11.9 Å². The fraction of sp³-hybridized carbons (Fsp3) is 0.500. The zero-order valence-electron chi connectivity index (χ0n) is 10.9. The average Bonchev–Trinajstić information content (AvgIpc) is 2.92. The summed E-state index contributed by atoms with van der Waals surface area (Å²) in [6.07, 6.45) is 0.877. The lowest BCUT2D eigenvalue weighted by Crippen LogP contribution is -2.35. The van der Waals surface area contributed by atoms with Crippen molar-refractivity contribution in [3.63, 3.8) is 0 Å². The van der Waals surface area contributed by atoms with Gasteiger partial charge in [0.05, 0.1) is 7.11 Å². The van der Waals surface area contributed by atoms with Crippen LogP contribution < -0.4 is 20.7 Å². The van der Waals surface area contributed by atoms with E-state index in [1.807, 2.05) is 0 Å². The van der Waals surface area contributed by atoms with Crippen molar-refractivity contribution < 1.29 is 9.53 Å². The lowest BCUT2D eigenvalue weighted by Gasteiger charge is -2.18. The molecule has 3 N–H and O–H groups in total. The highest BCUT2D eigenvalue weighted by molar-refractivity contribution is 7.17. The lowest BCUT2D eigenvalue weighted by molar-refractivity contribution is -0.119. The first-order valence-electron chi connectivity index (χ1n) is 5.95. The molecule has 102 valence electrons. The van der Waals surface area contributed by atoms with Crippen LogP contribution >= 0.6 is 11.3 Å². The number of nitrogens with zero attached hydrogens (tertiary/aromatic N) is 2. The highest BCUT2D eigenvalue weighted by Gasteiger charge is 2.28. The molecule has 7 heteroatoms. The number of nitrogens with two attached hydrogens (primary N) is 1. The molecule has 6 nitrogen and oxygen atoms in total. The van der Waals surface area contributed by atoms with E-state index >= 15 is 0 Å². The summed E-state index contributed by atoms with van der Waals surface area (Å²) in [5.74, 6) is 0.534. The summed E-state index contributed by atoms with van der Waals surface area (Å²) in [4.78, 5) is 13.6. The van der Waals surface area contributed by atoms with Gasteiger partial charge in [0.1, 0.15) is 21.6 Å². The third-order valence-corrected chi connectivity index (χ3v) is 4.22. The van der Waals surface area contributed by atoms with E-state index in [1.165, 1.54) is 18.3 Å². The first-order valence-corrected chi connectivity index (χ1v) is 6.76. The molecule has 19 heavy (non-hydrogen) atoms. The van der Waals surface area contributed by atoms with E-state index in [2.05, 4.69) is 16.3 Å². The number of carbonyl (C=O) groups excluding carboxylic acids is 1. The number of methoxy groups -OCH3 is 1. The number of carbonyl (C=O) groups is 1. The third kappa shape index (κ3) is 2.58. The predicted molar refractivity (Wildman–Crippen MR) is 74.4 cm³/mol. The van der Waals surface area contributed by atoms with Crippen molar-refractivity contribution in [2.45, 2.75) is 19.4 Å². The summed E-state index contributed by atoms with van der Waals surface area (Å²) < 4.78 is 5.29. The topological polar surface area (TPSA) is 91.4 Å². The first-order chi connectivity index (χ1) is 9.06. The molecule has 1 saturated heterocycles. The normalized spacial score (nSPS) is 18.2. The largest absolute Gasteiger partial charge is 0.492 e.